The van der Waals surface area contributed by atoms with Crippen LogP contribution in [0.1, 0.15) is 44.4 Å². The maximum Gasteiger partial charge on any atom is 0.254 e. The molecule has 2 aliphatic rings. The molecule has 110 valence electrons. The summed E-state index contributed by atoms with van der Waals surface area (Å²) < 4.78 is 6.01. The largest absolute Gasteiger partial charge is 0.488 e. The van der Waals surface area contributed by atoms with Gasteiger partial charge >= 0.3 is 0 Å². The second-order valence-corrected chi connectivity index (χ2v) is 6.47. The van der Waals surface area contributed by atoms with Crippen LogP contribution >= 0.6 is 0 Å². The van der Waals surface area contributed by atoms with Crippen molar-refractivity contribution in [2.45, 2.75) is 45.3 Å². The van der Waals surface area contributed by atoms with Crippen LogP contribution in [0, 0.1) is 0 Å². The first-order valence-corrected chi connectivity index (χ1v) is 7.23. The van der Waals surface area contributed by atoms with Gasteiger partial charge in [0.2, 0.25) is 0 Å². The average molecular weight is 285 g/mol. The molecule has 0 bridgehead atoms. The molecule has 1 heterocycles. The molecule has 4 heteroatoms. The average Bonchev–Trinajstić information content (AvgIpc) is 2.93. The number of hydrogen-bond acceptors (Lipinski definition) is 3. The zero-order valence-corrected chi connectivity index (χ0v) is 12.6. The van der Waals surface area contributed by atoms with E-state index in [1.165, 1.54) is 17.1 Å². The van der Waals surface area contributed by atoms with Crippen molar-refractivity contribution >= 4 is 11.8 Å². The molecule has 1 atom stereocenters. The molecule has 0 N–H and O–H groups in total. The quantitative estimate of drug-likeness (QED) is 0.785. The van der Waals surface area contributed by atoms with Gasteiger partial charge < -0.3 is 4.74 Å². The third-order valence-corrected chi connectivity index (χ3v) is 3.77. The van der Waals surface area contributed by atoms with Crippen LogP contribution in [0.4, 0.5) is 0 Å². The maximum absolute atomic E-state index is 11.9. The van der Waals surface area contributed by atoms with Gasteiger partial charge in [-0.2, -0.15) is 0 Å². The monoisotopic (exact) mass is 285 g/mol. The van der Waals surface area contributed by atoms with Gasteiger partial charge in [0.25, 0.3) is 11.8 Å². The molecule has 3 rings (SSSR count). The summed E-state index contributed by atoms with van der Waals surface area (Å²) in [6.07, 6.45) is 4.27. The van der Waals surface area contributed by atoms with Crippen molar-refractivity contribution in [3.63, 3.8) is 0 Å². The van der Waals surface area contributed by atoms with E-state index in [2.05, 4.69) is 0 Å². The lowest BCUT2D eigenvalue weighted by molar-refractivity contribution is -0.139. The molecule has 0 saturated heterocycles. The fourth-order valence-corrected chi connectivity index (χ4v) is 3.01. The second-order valence-electron chi connectivity index (χ2n) is 6.47. The van der Waals surface area contributed by atoms with E-state index in [1.807, 2.05) is 39.0 Å². The van der Waals surface area contributed by atoms with Crippen LogP contribution in [-0.2, 0) is 16.0 Å². The fraction of sp³-hybridized carbons (Fsp3) is 0.412. The molecule has 1 aromatic carbocycles. The molecule has 0 fully saturated rings. The van der Waals surface area contributed by atoms with E-state index in [-0.39, 0.29) is 23.5 Å². The minimum atomic E-state index is -0.270. The molecule has 1 aromatic rings. The number of ether oxygens (including phenoxy) is 1. The van der Waals surface area contributed by atoms with E-state index >= 15 is 0 Å². The summed E-state index contributed by atoms with van der Waals surface area (Å²) in [6.45, 7) is 6.03. The van der Waals surface area contributed by atoms with E-state index < -0.39 is 0 Å². The molecule has 0 saturated carbocycles. The van der Waals surface area contributed by atoms with Crippen molar-refractivity contribution in [1.82, 2.24) is 4.90 Å². The molecule has 2 amide bonds. The molecule has 0 spiro atoms. The minimum absolute atomic E-state index is 0.168. The normalized spacial score (nSPS) is 21.1. The van der Waals surface area contributed by atoms with Crippen LogP contribution in [0.5, 0.6) is 5.75 Å². The number of hydrogen-bond donors (Lipinski definition) is 0. The summed E-state index contributed by atoms with van der Waals surface area (Å²) in [5, 5.41) is 0. The topological polar surface area (TPSA) is 46.6 Å². The molecular formula is C17H19NO3. The maximum atomic E-state index is 11.9. The van der Waals surface area contributed by atoms with Gasteiger partial charge in [-0.25, -0.2) is 0 Å². The highest BCUT2D eigenvalue weighted by atomic mass is 16.5. The molecular weight excluding hydrogens is 266 g/mol. The van der Waals surface area contributed by atoms with Crippen molar-refractivity contribution in [1.29, 1.82) is 0 Å². The second kappa shape index (κ2) is 4.72. The van der Waals surface area contributed by atoms with Crippen LogP contribution in [0.25, 0.3) is 0 Å². The fourth-order valence-electron chi connectivity index (χ4n) is 3.01. The Kier molecular flexibility index (Phi) is 3.12. The summed E-state index contributed by atoms with van der Waals surface area (Å²) in [6, 6.07) is 5.70. The van der Waals surface area contributed by atoms with Gasteiger partial charge in [0, 0.05) is 12.2 Å². The van der Waals surface area contributed by atoms with Crippen LogP contribution in [0.15, 0.2) is 30.4 Å². The Hall–Kier alpha value is -2.10. The number of benzene rings is 1. The molecule has 0 unspecified atom stereocenters. The van der Waals surface area contributed by atoms with Gasteiger partial charge in [0.05, 0.1) is 6.04 Å². The van der Waals surface area contributed by atoms with E-state index in [1.54, 1.807) is 0 Å². The number of amides is 2. The minimum Gasteiger partial charge on any atom is -0.488 e. The Morgan fingerprint density at radius 3 is 2.43 bits per heavy atom. The first-order chi connectivity index (χ1) is 9.87. The Morgan fingerprint density at radius 2 is 1.81 bits per heavy atom. The van der Waals surface area contributed by atoms with Crippen LogP contribution in [0.2, 0.25) is 0 Å². The Balaban J connectivity index is 1.95. The Morgan fingerprint density at radius 1 is 1.14 bits per heavy atom. The lowest BCUT2D eigenvalue weighted by Gasteiger charge is -2.25. The zero-order chi connectivity index (χ0) is 15.2. The van der Waals surface area contributed by atoms with Gasteiger partial charge in [0.15, 0.2) is 0 Å². The lowest BCUT2D eigenvalue weighted by Crippen LogP contribution is -2.33. The predicted octanol–water partition coefficient (Wildman–Crippen LogP) is 2.78. The highest BCUT2D eigenvalue weighted by Crippen LogP contribution is 2.42. The van der Waals surface area contributed by atoms with Gasteiger partial charge in [-0.3, -0.25) is 14.5 Å². The van der Waals surface area contributed by atoms with Gasteiger partial charge in [-0.1, -0.05) is 12.1 Å². The van der Waals surface area contributed by atoms with E-state index in [9.17, 15) is 9.59 Å². The number of imide groups is 1. The number of rotatable bonds is 2. The summed E-state index contributed by atoms with van der Waals surface area (Å²) in [4.78, 5) is 25.1. The number of nitrogens with zero attached hydrogens (tertiary/aromatic N) is 1. The molecule has 4 nitrogen and oxygen atoms in total. The van der Waals surface area contributed by atoms with Crippen molar-refractivity contribution in [3.05, 3.63) is 41.5 Å². The number of carbonyl (C=O) groups excluding carboxylic acids is 2. The summed E-state index contributed by atoms with van der Waals surface area (Å²) in [7, 11) is 0. The summed E-state index contributed by atoms with van der Waals surface area (Å²) in [5.41, 5.74) is 1.88. The zero-order valence-electron chi connectivity index (χ0n) is 12.6. The van der Waals surface area contributed by atoms with Gasteiger partial charge in [-0.05, 0) is 50.8 Å². The van der Waals surface area contributed by atoms with E-state index in [0.29, 0.717) is 0 Å². The molecule has 0 radical (unpaired) electrons. The summed E-state index contributed by atoms with van der Waals surface area (Å²) >= 11 is 0. The van der Waals surface area contributed by atoms with E-state index in [4.69, 9.17) is 4.74 Å². The standard InChI is InChI=1S/C17H19NO3/c1-17(2,3)21-14-6-4-5-11-12(14)7-8-13(11)18-15(19)9-10-16(18)20/h4-6,9-10,13H,7-8H2,1-3H3/t13-/m0/s1. The third-order valence-electron chi connectivity index (χ3n) is 3.77. The predicted molar refractivity (Wildman–Crippen MR) is 78.9 cm³/mol. The third kappa shape index (κ3) is 2.46. The highest BCUT2D eigenvalue weighted by molar-refractivity contribution is 6.13. The molecule has 1 aliphatic heterocycles. The van der Waals surface area contributed by atoms with Gasteiger partial charge in [0.1, 0.15) is 11.4 Å². The summed E-state index contributed by atoms with van der Waals surface area (Å²) in [5.74, 6) is 0.412. The number of carbonyl (C=O) groups is 2. The van der Waals surface area contributed by atoms with E-state index in [0.717, 1.165) is 29.7 Å². The first-order valence-electron chi connectivity index (χ1n) is 7.23. The molecule has 1 aliphatic carbocycles. The first kappa shape index (κ1) is 13.9. The van der Waals surface area contributed by atoms with Crippen LogP contribution in [0.3, 0.4) is 0 Å². The number of fused-ring (bicyclic) bond motifs is 1. The molecule has 21 heavy (non-hydrogen) atoms. The van der Waals surface area contributed by atoms with Crippen molar-refractivity contribution in [2.75, 3.05) is 0 Å². The lowest BCUT2D eigenvalue weighted by atomic mass is 10.1. The smallest absolute Gasteiger partial charge is 0.254 e. The van der Waals surface area contributed by atoms with Crippen molar-refractivity contribution in [3.8, 4) is 5.75 Å². The van der Waals surface area contributed by atoms with Gasteiger partial charge in [-0.15, -0.1) is 0 Å². The highest BCUT2D eigenvalue weighted by Gasteiger charge is 2.37. The van der Waals surface area contributed by atoms with Crippen molar-refractivity contribution < 1.29 is 14.3 Å². The molecule has 0 aromatic heterocycles. The van der Waals surface area contributed by atoms with Crippen LogP contribution < -0.4 is 4.74 Å². The van der Waals surface area contributed by atoms with Crippen molar-refractivity contribution in [2.24, 2.45) is 0 Å². The SMILES string of the molecule is CC(C)(C)Oc1cccc2c1CC[C@@H]2N1C(=O)C=CC1=O. The Labute approximate surface area is 124 Å². The van der Waals surface area contributed by atoms with Crippen LogP contribution in [-0.4, -0.2) is 22.3 Å². The Bertz CT molecular complexity index is 622.